The van der Waals surface area contributed by atoms with Crippen LogP contribution in [0.1, 0.15) is 17.7 Å². The number of H-pyrrole nitrogens is 1. The van der Waals surface area contributed by atoms with E-state index in [0.717, 1.165) is 23.7 Å². The maximum atomic E-state index is 13.0. The van der Waals surface area contributed by atoms with Gasteiger partial charge in [-0.25, -0.2) is 4.39 Å². The summed E-state index contributed by atoms with van der Waals surface area (Å²) in [5, 5.41) is 1.08. The van der Waals surface area contributed by atoms with Crippen molar-refractivity contribution in [3.05, 3.63) is 35.3 Å². The summed E-state index contributed by atoms with van der Waals surface area (Å²) < 4.78 is 13.0. The first kappa shape index (κ1) is 7.13. The fourth-order valence-corrected chi connectivity index (χ4v) is 2.22. The quantitative estimate of drug-likeness (QED) is 0.633. The Bertz CT molecular complexity index is 470. The average Bonchev–Trinajstić information content (AvgIpc) is 2.64. The second-order valence-electron chi connectivity index (χ2n) is 3.63. The molecule has 1 aromatic carbocycles. The Morgan fingerprint density at radius 1 is 1.23 bits per heavy atom. The smallest absolute Gasteiger partial charge is 0.123 e. The third kappa shape index (κ3) is 0.916. The molecule has 1 N–H and O–H groups in total. The minimum atomic E-state index is -0.138. The SMILES string of the molecule is Fc1ccc2[nH]c3c(c2c1)CCC3. The lowest BCUT2D eigenvalue weighted by Gasteiger charge is -1.93. The van der Waals surface area contributed by atoms with E-state index in [1.165, 1.54) is 23.7 Å². The average molecular weight is 175 g/mol. The standard InChI is InChI=1S/C11H10FN/c12-7-4-5-11-9(6-7)8-2-1-3-10(8)13-11/h4-6,13H,1-3H2. The number of aromatic nitrogens is 1. The number of aromatic amines is 1. The van der Waals surface area contributed by atoms with E-state index < -0.39 is 0 Å². The van der Waals surface area contributed by atoms with E-state index in [0.29, 0.717) is 0 Å². The van der Waals surface area contributed by atoms with Crippen LogP contribution in [0.25, 0.3) is 10.9 Å². The number of aryl methyl sites for hydroxylation is 2. The number of fused-ring (bicyclic) bond motifs is 3. The predicted molar refractivity (Wildman–Crippen MR) is 50.3 cm³/mol. The molecule has 1 aliphatic rings. The molecule has 1 aliphatic carbocycles. The van der Waals surface area contributed by atoms with Gasteiger partial charge in [0.2, 0.25) is 0 Å². The lowest BCUT2D eigenvalue weighted by atomic mass is 10.1. The molecule has 0 spiro atoms. The van der Waals surface area contributed by atoms with E-state index in [9.17, 15) is 4.39 Å². The van der Waals surface area contributed by atoms with E-state index in [1.54, 1.807) is 6.07 Å². The van der Waals surface area contributed by atoms with Gasteiger partial charge in [-0.1, -0.05) is 0 Å². The summed E-state index contributed by atoms with van der Waals surface area (Å²) in [6.07, 6.45) is 3.41. The van der Waals surface area contributed by atoms with Gasteiger partial charge in [0.1, 0.15) is 5.82 Å². The molecule has 0 atom stereocenters. The highest BCUT2D eigenvalue weighted by Gasteiger charge is 2.16. The van der Waals surface area contributed by atoms with E-state index in [4.69, 9.17) is 0 Å². The van der Waals surface area contributed by atoms with Gasteiger partial charge in [-0.05, 0) is 43.0 Å². The summed E-state index contributed by atoms with van der Waals surface area (Å²) in [6.45, 7) is 0. The third-order valence-corrected chi connectivity index (χ3v) is 2.81. The fraction of sp³-hybridized carbons (Fsp3) is 0.273. The monoisotopic (exact) mass is 175 g/mol. The molecule has 66 valence electrons. The molecule has 0 radical (unpaired) electrons. The van der Waals surface area contributed by atoms with Gasteiger partial charge in [-0.15, -0.1) is 0 Å². The Morgan fingerprint density at radius 2 is 2.15 bits per heavy atom. The van der Waals surface area contributed by atoms with Crippen molar-refractivity contribution in [1.82, 2.24) is 4.98 Å². The number of nitrogens with one attached hydrogen (secondary N) is 1. The number of hydrogen-bond donors (Lipinski definition) is 1. The molecule has 2 heteroatoms. The highest BCUT2D eigenvalue weighted by molar-refractivity contribution is 5.85. The van der Waals surface area contributed by atoms with Crippen LogP contribution in [0.15, 0.2) is 18.2 Å². The number of benzene rings is 1. The topological polar surface area (TPSA) is 15.8 Å². The van der Waals surface area contributed by atoms with E-state index in [-0.39, 0.29) is 5.82 Å². The summed E-state index contributed by atoms with van der Waals surface area (Å²) in [4.78, 5) is 3.34. The molecule has 0 bridgehead atoms. The van der Waals surface area contributed by atoms with E-state index in [2.05, 4.69) is 4.98 Å². The molecule has 1 aromatic heterocycles. The second kappa shape index (κ2) is 2.34. The van der Waals surface area contributed by atoms with Gasteiger partial charge in [0.25, 0.3) is 0 Å². The van der Waals surface area contributed by atoms with Crippen molar-refractivity contribution >= 4 is 10.9 Å². The van der Waals surface area contributed by atoms with E-state index >= 15 is 0 Å². The summed E-state index contributed by atoms with van der Waals surface area (Å²) in [5.74, 6) is -0.138. The first-order valence-corrected chi connectivity index (χ1v) is 4.63. The van der Waals surface area contributed by atoms with Crippen LogP contribution in [0.2, 0.25) is 0 Å². The van der Waals surface area contributed by atoms with Crippen molar-refractivity contribution in [2.75, 3.05) is 0 Å². The highest BCUT2D eigenvalue weighted by atomic mass is 19.1. The van der Waals surface area contributed by atoms with Crippen molar-refractivity contribution < 1.29 is 4.39 Å². The Labute approximate surface area is 75.6 Å². The molecule has 1 nitrogen and oxygen atoms in total. The molecule has 2 aromatic rings. The van der Waals surface area contributed by atoms with Crippen molar-refractivity contribution in [1.29, 1.82) is 0 Å². The summed E-state index contributed by atoms with van der Waals surface area (Å²) in [6, 6.07) is 4.97. The zero-order valence-corrected chi connectivity index (χ0v) is 7.23. The Morgan fingerprint density at radius 3 is 3.08 bits per heavy atom. The van der Waals surface area contributed by atoms with Gasteiger partial charge in [0.05, 0.1) is 0 Å². The molecule has 1 heterocycles. The van der Waals surface area contributed by atoms with Gasteiger partial charge < -0.3 is 4.98 Å². The Balaban J connectivity index is 2.40. The zero-order chi connectivity index (χ0) is 8.84. The van der Waals surface area contributed by atoms with Crippen LogP contribution < -0.4 is 0 Å². The fourth-order valence-electron chi connectivity index (χ4n) is 2.22. The van der Waals surface area contributed by atoms with Crippen molar-refractivity contribution in [2.45, 2.75) is 19.3 Å². The van der Waals surface area contributed by atoms with Crippen molar-refractivity contribution in [2.24, 2.45) is 0 Å². The molecule has 0 unspecified atom stereocenters. The van der Waals surface area contributed by atoms with Gasteiger partial charge >= 0.3 is 0 Å². The van der Waals surface area contributed by atoms with Crippen molar-refractivity contribution in [3.8, 4) is 0 Å². The minimum Gasteiger partial charge on any atom is -0.358 e. The summed E-state index contributed by atoms with van der Waals surface area (Å²) >= 11 is 0. The number of hydrogen-bond acceptors (Lipinski definition) is 0. The maximum Gasteiger partial charge on any atom is 0.123 e. The third-order valence-electron chi connectivity index (χ3n) is 2.81. The van der Waals surface area contributed by atoms with Crippen LogP contribution in [0.3, 0.4) is 0 Å². The molecular formula is C11H10FN. The number of rotatable bonds is 0. The minimum absolute atomic E-state index is 0.138. The van der Waals surface area contributed by atoms with Crippen LogP contribution in [-0.4, -0.2) is 4.98 Å². The van der Waals surface area contributed by atoms with Crippen LogP contribution >= 0.6 is 0 Å². The molecule has 13 heavy (non-hydrogen) atoms. The van der Waals surface area contributed by atoms with Gasteiger partial charge in [-0.2, -0.15) is 0 Å². The van der Waals surface area contributed by atoms with Gasteiger partial charge in [-0.3, -0.25) is 0 Å². The van der Waals surface area contributed by atoms with Crippen LogP contribution in [0.5, 0.6) is 0 Å². The largest absolute Gasteiger partial charge is 0.358 e. The Hall–Kier alpha value is -1.31. The maximum absolute atomic E-state index is 13.0. The first-order chi connectivity index (χ1) is 6.34. The van der Waals surface area contributed by atoms with Crippen LogP contribution in [0.4, 0.5) is 4.39 Å². The molecule has 0 aliphatic heterocycles. The van der Waals surface area contributed by atoms with Crippen molar-refractivity contribution in [3.63, 3.8) is 0 Å². The lowest BCUT2D eigenvalue weighted by molar-refractivity contribution is 0.629. The highest BCUT2D eigenvalue weighted by Crippen LogP contribution is 2.29. The summed E-state index contributed by atoms with van der Waals surface area (Å²) in [5.41, 5.74) is 3.71. The van der Waals surface area contributed by atoms with E-state index in [1.807, 2.05) is 6.07 Å². The molecule has 0 amide bonds. The van der Waals surface area contributed by atoms with Gasteiger partial charge in [0.15, 0.2) is 0 Å². The molecule has 0 fully saturated rings. The molecule has 0 saturated carbocycles. The summed E-state index contributed by atoms with van der Waals surface area (Å²) in [7, 11) is 0. The van der Waals surface area contributed by atoms with Crippen LogP contribution in [0, 0.1) is 5.82 Å². The van der Waals surface area contributed by atoms with Gasteiger partial charge in [0, 0.05) is 16.6 Å². The predicted octanol–water partition coefficient (Wildman–Crippen LogP) is 2.80. The normalized spacial score (nSPS) is 15.2. The first-order valence-electron chi connectivity index (χ1n) is 4.63. The molecular weight excluding hydrogens is 165 g/mol. The number of halogens is 1. The van der Waals surface area contributed by atoms with Crippen LogP contribution in [-0.2, 0) is 12.8 Å². The second-order valence-corrected chi connectivity index (χ2v) is 3.63. The molecule has 0 saturated heterocycles. The molecule has 3 rings (SSSR count). The lowest BCUT2D eigenvalue weighted by Crippen LogP contribution is -1.78. The Kier molecular flexibility index (Phi) is 1.29. The zero-order valence-electron chi connectivity index (χ0n) is 7.23.